The first-order valence-electron chi connectivity index (χ1n) is 8.13. The van der Waals surface area contributed by atoms with Crippen LogP contribution >= 0.6 is 11.3 Å². The van der Waals surface area contributed by atoms with Gasteiger partial charge in [-0.1, -0.05) is 30.3 Å². The third-order valence-corrected chi connectivity index (χ3v) is 5.02. The van der Waals surface area contributed by atoms with Crippen molar-refractivity contribution >= 4 is 39.0 Å². The second kappa shape index (κ2) is 7.96. The van der Waals surface area contributed by atoms with Crippen LogP contribution in [0.15, 0.2) is 54.6 Å². The SMILES string of the molecule is C[C@H](NC(=O)COC(=O)c1cc2cc([N+](=O)[O-])ccc2s1)c1ccccc1. The minimum atomic E-state index is -0.638. The van der Waals surface area contributed by atoms with Gasteiger partial charge in [0.15, 0.2) is 6.61 Å². The molecule has 8 heteroatoms. The average Bonchev–Trinajstić information content (AvgIpc) is 3.10. The molecule has 1 aromatic heterocycles. The number of ether oxygens (including phenoxy) is 1. The Morgan fingerprint density at radius 1 is 1.19 bits per heavy atom. The minimum absolute atomic E-state index is 0.0468. The first kappa shape index (κ1) is 18.5. The molecule has 0 aliphatic heterocycles. The van der Waals surface area contributed by atoms with Crippen molar-refractivity contribution in [3.63, 3.8) is 0 Å². The standard InChI is InChI=1S/C19H16N2O5S/c1-12(13-5-3-2-4-6-13)20-18(22)11-26-19(23)17-10-14-9-15(21(24)25)7-8-16(14)27-17/h2-10,12H,11H2,1H3,(H,20,22)/t12-/m0/s1. The fraction of sp³-hybridized carbons (Fsp3) is 0.158. The molecule has 0 aliphatic carbocycles. The van der Waals surface area contributed by atoms with E-state index in [1.165, 1.54) is 18.2 Å². The Morgan fingerprint density at radius 3 is 2.63 bits per heavy atom. The topological polar surface area (TPSA) is 98.5 Å². The number of hydrogen-bond acceptors (Lipinski definition) is 6. The highest BCUT2D eigenvalue weighted by Gasteiger charge is 2.16. The number of nitrogens with one attached hydrogen (secondary N) is 1. The number of esters is 1. The Bertz CT molecular complexity index is 1000. The summed E-state index contributed by atoms with van der Waals surface area (Å²) in [7, 11) is 0. The van der Waals surface area contributed by atoms with Crippen LogP contribution in [0.4, 0.5) is 5.69 Å². The van der Waals surface area contributed by atoms with Gasteiger partial charge in [-0.05, 0) is 24.6 Å². The molecule has 27 heavy (non-hydrogen) atoms. The normalized spacial score (nSPS) is 11.7. The van der Waals surface area contributed by atoms with Crippen LogP contribution in [0.5, 0.6) is 0 Å². The van der Waals surface area contributed by atoms with Crippen molar-refractivity contribution in [3.05, 3.63) is 75.2 Å². The van der Waals surface area contributed by atoms with Crippen molar-refractivity contribution < 1.29 is 19.2 Å². The lowest BCUT2D eigenvalue weighted by Crippen LogP contribution is -2.31. The molecule has 1 amide bonds. The molecule has 2 aromatic carbocycles. The van der Waals surface area contributed by atoms with Gasteiger partial charge in [0.2, 0.25) is 0 Å². The molecular formula is C19H16N2O5S. The van der Waals surface area contributed by atoms with Crippen molar-refractivity contribution in [2.75, 3.05) is 6.61 Å². The molecule has 1 atom stereocenters. The lowest BCUT2D eigenvalue weighted by atomic mass is 10.1. The van der Waals surface area contributed by atoms with E-state index in [1.54, 1.807) is 6.07 Å². The van der Waals surface area contributed by atoms with E-state index < -0.39 is 23.4 Å². The van der Waals surface area contributed by atoms with E-state index in [0.717, 1.165) is 21.6 Å². The summed E-state index contributed by atoms with van der Waals surface area (Å²) in [6.07, 6.45) is 0. The zero-order valence-corrected chi connectivity index (χ0v) is 15.2. The number of nitrogens with zero attached hydrogens (tertiary/aromatic N) is 1. The summed E-state index contributed by atoms with van der Waals surface area (Å²) in [5.74, 6) is -1.04. The van der Waals surface area contributed by atoms with E-state index in [4.69, 9.17) is 4.74 Å². The van der Waals surface area contributed by atoms with Gasteiger partial charge in [-0.25, -0.2) is 4.79 Å². The first-order chi connectivity index (χ1) is 12.9. The predicted octanol–water partition coefficient (Wildman–Crippen LogP) is 3.84. The van der Waals surface area contributed by atoms with Crippen LogP contribution in [0.1, 0.15) is 28.2 Å². The fourth-order valence-electron chi connectivity index (χ4n) is 2.56. The smallest absolute Gasteiger partial charge is 0.348 e. The molecular weight excluding hydrogens is 368 g/mol. The van der Waals surface area contributed by atoms with Gasteiger partial charge < -0.3 is 10.1 Å². The third kappa shape index (κ3) is 4.48. The van der Waals surface area contributed by atoms with E-state index >= 15 is 0 Å². The number of fused-ring (bicyclic) bond motifs is 1. The molecule has 3 aromatic rings. The van der Waals surface area contributed by atoms with Gasteiger partial charge in [0.25, 0.3) is 11.6 Å². The molecule has 0 fully saturated rings. The lowest BCUT2D eigenvalue weighted by molar-refractivity contribution is -0.384. The molecule has 0 radical (unpaired) electrons. The number of amides is 1. The van der Waals surface area contributed by atoms with Gasteiger partial charge >= 0.3 is 5.97 Å². The summed E-state index contributed by atoms with van der Waals surface area (Å²) in [6.45, 7) is 1.44. The summed E-state index contributed by atoms with van der Waals surface area (Å²) in [5.41, 5.74) is 0.901. The van der Waals surface area contributed by atoms with Gasteiger partial charge in [0, 0.05) is 22.2 Å². The van der Waals surface area contributed by atoms with Crippen molar-refractivity contribution in [3.8, 4) is 0 Å². The van der Waals surface area contributed by atoms with E-state index in [0.29, 0.717) is 5.39 Å². The zero-order valence-electron chi connectivity index (χ0n) is 14.4. The molecule has 0 saturated carbocycles. The number of carbonyl (C=O) groups is 2. The van der Waals surface area contributed by atoms with Crippen LogP contribution in [0.2, 0.25) is 0 Å². The van der Waals surface area contributed by atoms with E-state index in [2.05, 4.69) is 5.32 Å². The number of benzene rings is 2. The summed E-state index contributed by atoms with van der Waals surface area (Å²) in [6, 6.07) is 15.1. The summed E-state index contributed by atoms with van der Waals surface area (Å²) in [4.78, 5) is 34.8. The van der Waals surface area contributed by atoms with Gasteiger partial charge in [-0.3, -0.25) is 14.9 Å². The predicted molar refractivity (Wildman–Crippen MR) is 102 cm³/mol. The maximum Gasteiger partial charge on any atom is 0.348 e. The Labute approximate surface area is 158 Å². The molecule has 1 heterocycles. The van der Waals surface area contributed by atoms with Crippen LogP contribution in [-0.2, 0) is 9.53 Å². The number of carbonyl (C=O) groups excluding carboxylic acids is 2. The van der Waals surface area contributed by atoms with E-state index in [1.807, 2.05) is 37.3 Å². The molecule has 1 N–H and O–H groups in total. The molecule has 0 saturated heterocycles. The highest BCUT2D eigenvalue weighted by Crippen LogP contribution is 2.29. The number of nitro benzene ring substituents is 1. The Hall–Kier alpha value is -3.26. The number of hydrogen-bond donors (Lipinski definition) is 1. The van der Waals surface area contributed by atoms with Crippen LogP contribution in [0, 0.1) is 10.1 Å². The first-order valence-corrected chi connectivity index (χ1v) is 8.95. The molecule has 138 valence electrons. The fourth-order valence-corrected chi connectivity index (χ4v) is 3.49. The zero-order chi connectivity index (χ0) is 19.4. The van der Waals surface area contributed by atoms with Crippen LogP contribution in [0.3, 0.4) is 0 Å². The highest BCUT2D eigenvalue weighted by molar-refractivity contribution is 7.20. The third-order valence-electron chi connectivity index (χ3n) is 3.92. The van der Waals surface area contributed by atoms with Crippen molar-refractivity contribution in [1.29, 1.82) is 0 Å². The number of thiophene rings is 1. The highest BCUT2D eigenvalue weighted by atomic mass is 32.1. The van der Waals surface area contributed by atoms with Crippen LogP contribution in [-0.4, -0.2) is 23.4 Å². The van der Waals surface area contributed by atoms with Gasteiger partial charge in [0.1, 0.15) is 4.88 Å². The monoisotopic (exact) mass is 384 g/mol. The molecule has 0 aliphatic rings. The van der Waals surface area contributed by atoms with Gasteiger partial charge in [0.05, 0.1) is 11.0 Å². The number of rotatable bonds is 6. The van der Waals surface area contributed by atoms with Gasteiger partial charge in [-0.2, -0.15) is 0 Å². The number of nitro groups is 1. The Morgan fingerprint density at radius 2 is 1.93 bits per heavy atom. The maximum absolute atomic E-state index is 12.2. The second-order valence-corrected chi connectivity index (χ2v) is 6.95. The maximum atomic E-state index is 12.2. The molecule has 7 nitrogen and oxygen atoms in total. The molecule has 0 spiro atoms. The largest absolute Gasteiger partial charge is 0.451 e. The summed E-state index contributed by atoms with van der Waals surface area (Å²) >= 11 is 1.16. The van der Waals surface area contributed by atoms with Crippen LogP contribution in [0.25, 0.3) is 10.1 Å². The van der Waals surface area contributed by atoms with Crippen molar-refractivity contribution in [2.45, 2.75) is 13.0 Å². The lowest BCUT2D eigenvalue weighted by Gasteiger charge is -2.14. The van der Waals surface area contributed by atoms with Crippen molar-refractivity contribution in [2.24, 2.45) is 0 Å². The summed E-state index contributed by atoms with van der Waals surface area (Å²) in [5, 5.41) is 14.2. The molecule has 0 unspecified atom stereocenters. The Kier molecular flexibility index (Phi) is 5.46. The quantitative estimate of drug-likeness (QED) is 0.395. The van der Waals surface area contributed by atoms with Gasteiger partial charge in [-0.15, -0.1) is 11.3 Å². The Balaban J connectivity index is 1.59. The second-order valence-electron chi connectivity index (χ2n) is 5.87. The summed E-state index contributed by atoms with van der Waals surface area (Å²) < 4.78 is 5.79. The van der Waals surface area contributed by atoms with E-state index in [9.17, 15) is 19.7 Å². The minimum Gasteiger partial charge on any atom is -0.451 e. The molecule has 3 rings (SSSR count). The van der Waals surface area contributed by atoms with E-state index in [-0.39, 0.29) is 16.6 Å². The van der Waals surface area contributed by atoms with Crippen LogP contribution < -0.4 is 5.32 Å². The molecule has 0 bridgehead atoms. The van der Waals surface area contributed by atoms with Crippen molar-refractivity contribution in [1.82, 2.24) is 5.32 Å². The average molecular weight is 384 g/mol. The number of non-ortho nitro benzene ring substituents is 1.